The maximum absolute atomic E-state index is 12.2. The molecule has 0 saturated carbocycles. The van der Waals surface area contributed by atoms with Crippen LogP contribution in [0.1, 0.15) is 52.0 Å². The van der Waals surface area contributed by atoms with Gasteiger partial charge in [0.25, 0.3) is 0 Å². The van der Waals surface area contributed by atoms with Gasteiger partial charge >= 0.3 is 6.09 Å². The van der Waals surface area contributed by atoms with E-state index in [2.05, 4.69) is 17.0 Å². The smallest absolute Gasteiger partial charge is 0.410 e. The predicted octanol–water partition coefficient (Wildman–Crippen LogP) is 4.42. The summed E-state index contributed by atoms with van der Waals surface area (Å²) in [6.07, 6.45) is 4.36. The topological polar surface area (TPSA) is 56.6 Å². The summed E-state index contributed by atoms with van der Waals surface area (Å²) in [6, 6.07) is 10.1. The summed E-state index contributed by atoms with van der Waals surface area (Å²) in [5.41, 5.74) is 1.46. The zero-order valence-corrected chi connectivity index (χ0v) is 16.8. The first-order valence-electron chi connectivity index (χ1n) is 10.1. The van der Waals surface area contributed by atoms with Crippen LogP contribution in [0.2, 0.25) is 0 Å². The molecular formula is C22H31N3O2. The summed E-state index contributed by atoms with van der Waals surface area (Å²) < 4.78 is 5.50. The lowest BCUT2D eigenvalue weighted by molar-refractivity contribution is 0.0152. The standard InChI is InChI=1S/C22H31N3O2/c1-22(2,3)27-21(26)25-13-9-19(10-14-25)18-7-11-24(12-8-18)20-6-4-5-17(15-20)16-23/h4-6,15,18-19H,7-14H2,1-3H3. The van der Waals surface area contributed by atoms with Gasteiger partial charge in [-0.2, -0.15) is 5.26 Å². The molecule has 2 heterocycles. The Balaban J connectivity index is 1.47. The molecule has 2 aliphatic heterocycles. The zero-order chi connectivity index (χ0) is 19.4. The molecule has 0 spiro atoms. The third kappa shape index (κ3) is 5.15. The predicted molar refractivity (Wildman–Crippen MR) is 107 cm³/mol. The Morgan fingerprint density at radius 3 is 2.22 bits per heavy atom. The van der Waals surface area contributed by atoms with Crippen molar-refractivity contribution >= 4 is 11.8 Å². The minimum atomic E-state index is -0.427. The van der Waals surface area contributed by atoms with Gasteiger partial charge in [-0.15, -0.1) is 0 Å². The van der Waals surface area contributed by atoms with Crippen molar-refractivity contribution in [3.8, 4) is 6.07 Å². The first-order valence-corrected chi connectivity index (χ1v) is 10.1. The lowest BCUT2D eigenvalue weighted by Crippen LogP contribution is -2.44. The molecule has 1 aromatic carbocycles. The highest BCUT2D eigenvalue weighted by molar-refractivity contribution is 5.68. The summed E-state index contributed by atoms with van der Waals surface area (Å²) in [5.74, 6) is 1.44. The minimum Gasteiger partial charge on any atom is -0.444 e. The number of hydrogen-bond acceptors (Lipinski definition) is 4. The van der Waals surface area contributed by atoms with Crippen LogP contribution in [0.4, 0.5) is 10.5 Å². The molecule has 2 fully saturated rings. The second-order valence-electron chi connectivity index (χ2n) is 8.79. The van der Waals surface area contributed by atoms with E-state index in [1.54, 1.807) is 0 Å². The molecule has 0 N–H and O–H groups in total. The third-order valence-electron chi connectivity index (χ3n) is 5.74. The van der Waals surface area contributed by atoms with Crippen LogP contribution in [-0.2, 0) is 4.74 Å². The Morgan fingerprint density at radius 2 is 1.67 bits per heavy atom. The van der Waals surface area contributed by atoms with Gasteiger partial charge in [0, 0.05) is 31.9 Å². The molecule has 5 heteroatoms. The number of ether oxygens (including phenoxy) is 1. The first kappa shape index (κ1) is 19.5. The molecule has 0 aromatic heterocycles. The molecule has 0 radical (unpaired) electrons. The van der Waals surface area contributed by atoms with Gasteiger partial charge in [-0.3, -0.25) is 0 Å². The molecular weight excluding hydrogens is 338 g/mol. The fourth-order valence-electron chi connectivity index (χ4n) is 4.28. The number of amides is 1. The van der Waals surface area contributed by atoms with Crippen LogP contribution < -0.4 is 4.90 Å². The number of anilines is 1. The number of likely N-dealkylation sites (tertiary alicyclic amines) is 1. The Labute approximate surface area is 162 Å². The average Bonchev–Trinajstić information content (AvgIpc) is 2.67. The van der Waals surface area contributed by atoms with Crippen LogP contribution in [0.3, 0.4) is 0 Å². The maximum atomic E-state index is 12.2. The normalized spacial score (nSPS) is 19.6. The van der Waals surface area contributed by atoms with Gasteiger partial charge in [-0.1, -0.05) is 6.07 Å². The zero-order valence-electron chi connectivity index (χ0n) is 16.8. The number of rotatable bonds is 2. The summed E-state index contributed by atoms with van der Waals surface area (Å²) in [5, 5.41) is 9.09. The van der Waals surface area contributed by atoms with Crippen molar-refractivity contribution in [2.75, 3.05) is 31.1 Å². The maximum Gasteiger partial charge on any atom is 0.410 e. The molecule has 1 amide bonds. The van der Waals surface area contributed by atoms with Crippen molar-refractivity contribution in [1.29, 1.82) is 5.26 Å². The van der Waals surface area contributed by atoms with Crippen LogP contribution in [0.15, 0.2) is 24.3 Å². The quantitative estimate of drug-likeness (QED) is 0.774. The third-order valence-corrected chi connectivity index (χ3v) is 5.74. The molecule has 1 aromatic rings. The highest BCUT2D eigenvalue weighted by Gasteiger charge is 2.32. The van der Waals surface area contributed by atoms with E-state index in [9.17, 15) is 4.79 Å². The van der Waals surface area contributed by atoms with Gasteiger partial charge in [-0.05, 0) is 76.5 Å². The van der Waals surface area contributed by atoms with E-state index in [1.165, 1.54) is 12.8 Å². The Bertz CT molecular complexity index is 688. The molecule has 2 aliphatic rings. The summed E-state index contributed by atoms with van der Waals surface area (Å²) in [7, 11) is 0. The van der Waals surface area contributed by atoms with Crippen LogP contribution in [0.5, 0.6) is 0 Å². The molecule has 2 saturated heterocycles. The van der Waals surface area contributed by atoms with E-state index in [1.807, 2.05) is 43.9 Å². The number of hydrogen-bond donors (Lipinski definition) is 0. The van der Waals surface area contributed by atoms with Crippen LogP contribution in [-0.4, -0.2) is 42.8 Å². The number of carbonyl (C=O) groups excluding carboxylic acids is 1. The number of benzene rings is 1. The highest BCUT2D eigenvalue weighted by atomic mass is 16.6. The van der Waals surface area contributed by atoms with Crippen LogP contribution in [0.25, 0.3) is 0 Å². The summed E-state index contributed by atoms with van der Waals surface area (Å²) in [4.78, 5) is 16.5. The van der Waals surface area contributed by atoms with Crippen LogP contribution >= 0.6 is 0 Å². The van der Waals surface area contributed by atoms with Crippen molar-refractivity contribution in [1.82, 2.24) is 4.90 Å². The highest BCUT2D eigenvalue weighted by Crippen LogP contribution is 2.34. The second kappa shape index (κ2) is 8.21. The van der Waals surface area contributed by atoms with Gasteiger partial charge in [0.2, 0.25) is 0 Å². The molecule has 146 valence electrons. The van der Waals surface area contributed by atoms with Gasteiger partial charge in [0.05, 0.1) is 11.6 Å². The SMILES string of the molecule is CC(C)(C)OC(=O)N1CCC(C2CCN(c3cccc(C#N)c3)CC2)CC1. The average molecular weight is 370 g/mol. The number of carbonyl (C=O) groups is 1. The van der Waals surface area contributed by atoms with Crippen LogP contribution in [0, 0.1) is 23.2 Å². The number of nitriles is 1. The van der Waals surface area contributed by atoms with E-state index < -0.39 is 5.60 Å². The lowest BCUT2D eigenvalue weighted by atomic mass is 9.79. The molecule has 5 nitrogen and oxygen atoms in total. The van der Waals surface area contributed by atoms with E-state index in [0.29, 0.717) is 5.92 Å². The molecule has 0 aliphatic carbocycles. The number of piperidine rings is 2. The Kier molecular flexibility index (Phi) is 5.94. The largest absolute Gasteiger partial charge is 0.444 e. The van der Waals surface area contributed by atoms with Gasteiger partial charge < -0.3 is 14.5 Å². The molecule has 3 rings (SSSR count). The Morgan fingerprint density at radius 1 is 1.07 bits per heavy atom. The van der Waals surface area contributed by atoms with Crippen molar-refractivity contribution in [2.24, 2.45) is 11.8 Å². The van der Waals surface area contributed by atoms with E-state index in [-0.39, 0.29) is 6.09 Å². The molecule has 0 bridgehead atoms. The van der Waals surface area contributed by atoms with E-state index in [4.69, 9.17) is 10.00 Å². The summed E-state index contributed by atoms with van der Waals surface area (Å²) >= 11 is 0. The van der Waals surface area contributed by atoms with Gasteiger partial charge in [0.1, 0.15) is 5.60 Å². The fourth-order valence-corrected chi connectivity index (χ4v) is 4.28. The van der Waals surface area contributed by atoms with E-state index >= 15 is 0 Å². The molecule has 0 unspecified atom stereocenters. The van der Waals surface area contributed by atoms with Crippen molar-refractivity contribution in [2.45, 2.75) is 52.1 Å². The van der Waals surface area contributed by atoms with E-state index in [0.717, 1.165) is 56.2 Å². The lowest BCUT2D eigenvalue weighted by Gasteiger charge is -2.41. The van der Waals surface area contributed by atoms with Crippen molar-refractivity contribution in [3.63, 3.8) is 0 Å². The monoisotopic (exact) mass is 369 g/mol. The van der Waals surface area contributed by atoms with Gasteiger partial charge in [-0.25, -0.2) is 4.79 Å². The van der Waals surface area contributed by atoms with Crippen molar-refractivity contribution < 1.29 is 9.53 Å². The number of nitrogens with zero attached hydrogens (tertiary/aromatic N) is 3. The summed E-state index contributed by atoms with van der Waals surface area (Å²) in [6.45, 7) is 9.46. The molecule has 0 atom stereocenters. The first-order chi connectivity index (χ1) is 12.9. The molecule has 27 heavy (non-hydrogen) atoms. The van der Waals surface area contributed by atoms with Gasteiger partial charge in [0.15, 0.2) is 0 Å². The second-order valence-corrected chi connectivity index (χ2v) is 8.79. The fraction of sp³-hybridized carbons (Fsp3) is 0.636. The minimum absolute atomic E-state index is 0.173. The van der Waals surface area contributed by atoms with Crippen molar-refractivity contribution in [3.05, 3.63) is 29.8 Å². The Hall–Kier alpha value is -2.22.